The largest absolute Gasteiger partial charge is 0.339 e. The minimum Gasteiger partial charge on any atom is -0.339 e. The lowest BCUT2D eigenvalue weighted by Gasteiger charge is -2.39. The maximum Gasteiger partial charge on any atom is 0.236 e. The number of likely N-dealkylation sites (N-methyl/N-ethyl adjacent to an activating group) is 1. The predicted octanol–water partition coefficient (Wildman–Crippen LogP) is -1.62. The van der Waals surface area contributed by atoms with Crippen LogP contribution in [-0.4, -0.2) is 93.1 Å². The molecule has 0 unspecified atom stereocenters. The average Bonchev–Trinajstić information content (AvgIpc) is 2.34. The van der Waals surface area contributed by atoms with Crippen molar-refractivity contribution in [3.63, 3.8) is 0 Å². The fraction of sp³-hybridized carbons (Fsp3) is 0.917. The Labute approximate surface area is 120 Å². The Kier molecular flexibility index (Phi) is 5.00. The van der Waals surface area contributed by atoms with Gasteiger partial charge in [-0.3, -0.25) is 9.69 Å². The van der Waals surface area contributed by atoms with Gasteiger partial charge in [-0.1, -0.05) is 6.92 Å². The molecule has 2 saturated heterocycles. The van der Waals surface area contributed by atoms with Gasteiger partial charge in [-0.2, -0.15) is 4.31 Å². The molecule has 7 nitrogen and oxygen atoms in total. The van der Waals surface area contributed by atoms with Crippen LogP contribution in [0.15, 0.2) is 0 Å². The number of rotatable bonds is 5. The number of hydrogen-bond acceptors (Lipinski definition) is 5. The van der Waals surface area contributed by atoms with E-state index in [-0.39, 0.29) is 5.91 Å². The summed E-state index contributed by atoms with van der Waals surface area (Å²) in [5.74, 6) is 0.104. The second-order valence-corrected chi connectivity index (χ2v) is 7.40. The summed E-state index contributed by atoms with van der Waals surface area (Å²) in [5.41, 5.74) is 0. The molecule has 1 N–H and O–H groups in total. The Morgan fingerprint density at radius 2 is 1.85 bits per heavy atom. The highest BCUT2D eigenvalue weighted by atomic mass is 32.2. The smallest absolute Gasteiger partial charge is 0.236 e. The summed E-state index contributed by atoms with van der Waals surface area (Å²) < 4.78 is 24.3. The van der Waals surface area contributed by atoms with Crippen molar-refractivity contribution in [2.45, 2.75) is 13.0 Å². The topological polar surface area (TPSA) is 73.0 Å². The van der Waals surface area contributed by atoms with Crippen LogP contribution in [0.1, 0.15) is 6.92 Å². The van der Waals surface area contributed by atoms with Crippen LogP contribution in [0.3, 0.4) is 0 Å². The molecule has 2 rings (SSSR count). The zero-order chi connectivity index (χ0) is 14.8. The first-order chi connectivity index (χ1) is 9.41. The third-order valence-electron chi connectivity index (χ3n) is 4.08. The zero-order valence-corrected chi connectivity index (χ0v) is 13.0. The van der Waals surface area contributed by atoms with Crippen molar-refractivity contribution in [1.29, 1.82) is 0 Å². The van der Waals surface area contributed by atoms with Crippen LogP contribution in [-0.2, 0) is 14.8 Å². The van der Waals surface area contributed by atoms with Crippen molar-refractivity contribution in [2.75, 3.05) is 58.6 Å². The number of nitrogens with zero attached hydrogens (tertiary/aromatic N) is 3. The molecule has 1 amide bonds. The van der Waals surface area contributed by atoms with Crippen LogP contribution in [0.25, 0.3) is 0 Å². The zero-order valence-electron chi connectivity index (χ0n) is 12.2. The lowest BCUT2D eigenvalue weighted by atomic mass is 10.1. The normalized spacial score (nSPS) is 22.1. The van der Waals surface area contributed by atoms with Gasteiger partial charge in [0.2, 0.25) is 15.9 Å². The maximum atomic E-state index is 12.3. The molecular formula is C12H24N4O3S. The highest BCUT2D eigenvalue weighted by Crippen LogP contribution is 2.09. The summed E-state index contributed by atoms with van der Waals surface area (Å²) in [6, 6.07) is 0.459. The number of carbonyl (C=O) groups excluding carboxylic acids is 1. The van der Waals surface area contributed by atoms with Crippen molar-refractivity contribution in [1.82, 2.24) is 19.4 Å². The monoisotopic (exact) mass is 304 g/mol. The number of hydrogen-bond donors (Lipinski definition) is 1. The van der Waals surface area contributed by atoms with E-state index in [9.17, 15) is 13.2 Å². The average molecular weight is 304 g/mol. The number of carbonyl (C=O) groups is 1. The molecule has 0 aliphatic carbocycles. The second kappa shape index (κ2) is 6.38. The van der Waals surface area contributed by atoms with E-state index in [4.69, 9.17) is 0 Å². The van der Waals surface area contributed by atoms with E-state index in [2.05, 4.69) is 17.1 Å². The van der Waals surface area contributed by atoms with Gasteiger partial charge in [0.15, 0.2) is 0 Å². The number of piperazine rings is 1. The van der Waals surface area contributed by atoms with Gasteiger partial charge in [0.25, 0.3) is 0 Å². The first-order valence-electron chi connectivity index (χ1n) is 7.09. The number of amides is 1. The highest BCUT2D eigenvalue weighted by molar-refractivity contribution is 7.88. The first-order valence-corrected chi connectivity index (χ1v) is 8.94. The van der Waals surface area contributed by atoms with Gasteiger partial charge in [-0.15, -0.1) is 0 Å². The molecule has 116 valence electrons. The van der Waals surface area contributed by atoms with Gasteiger partial charge in [0.1, 0.15) is 0 Å². The molecule has 2 heterocycles. The molecule has 0 spiro atoms. The van der Waals surface area contributed by atoms with Crippen molar-refractivity contribution < 1.29 is 13.2 Å². The quantitative estimate of drug-likeness (QED) is 0.661. The van der Waals surface area contributed by atoms with Crippen molar-refractivity contribution in [3.8, 4) is 0 Å². The number of nitrogens with one attached hydrogen (secondary N) is 1. The molecule has 8 heteroatoms. The van der Waals surface area contributed by atoms with E-state index < -0.39 is 10.0 Å². The summed E-state index contributed by atoms with van der Waals surface area (Å²) >= 11 is 0. The minimum atomic E-state index is -3.13. The Morgan fingerprint density at radius 3 is 2.25 bits per heavy atom. The summed E-state index contributed by atoms with van der Waals surface area (Å²) in [4.78, 5) is 16.2. The summed E-state index contributed by atoms with van der Waals surface area (Å²) in [7, 11) is -3.13. The lowest BCUT2D eigenvalue weighted by Crippen LogP contribution is -2.60. The third-order valence-corrected chi connectivity index (χ3v) is 5.38. The maximum absolute atomic E-state index is 12.3. The van der Waals surface area contributed by atoms with Gasteiger partial charge >= 0.3 is 0 Å². The molecule has 0 saturated carbocycles. The lowest BCUT2D eigenvalue weighted by molar-refractivity contribution is -0.134. The van der Waals surface area contributed by atoms with Crippen LogP contribution in [0, 0.1) is 0 Å². The Balaban J connectivity index is 1.82. The van der Waals surface area contributed by atoms with Crippen molar-refractivity contribution in [2.24, 2.45) is 0 Å². The summed E-state index contributed by atoms with van der Waals surface area (Å²) in [6.07, 6.45) is 1.22. The fourth-order valence-corrected chi connectivity index (χ4v) is 3.40. The molecule has 2 aliphatic heterocycles. The molecule has 20 heavy (non-hydrogen) atoms. The molecule has 0 aromatic carbocycles. The van der Waals surface area contributed by atoms with Crippen LogP contribution < -0.4 is 5.32 Å². The highest BCUT2D eigenvalue weighted by Gasteiger charge is 2.29. The first kappa shape index (κ1) is 15.7. The molecule has 2 fully saturated rings. The molecule has 0 aromatic rings. The Hall–Kier alpha value is -0.700. The molecule has 2 aliphatic rings. The van der Waals surface area contributed by atoms with Gasteiger partial charge in [-0.25, -0.2) is 8.42 Å². The number of sulfonamides is 1. The standard InChI is InChI=1S/C12H24N4O3S/c1-3-14(11-8-13-9-11)10-12(17)15-4-6-16(7-5-15)20(2,18)19/h11,13H,3-10H2,1-2H3. The SMILES string of the molecule is CCN(CC(=O)N1CCN(S(C)(=O)=O)CC1)C1CNC1. The molecular weight excluding hydrogens is 280 g/mol. The van der Waals surface area contributed by atoms with Crippen LogP contribution in [0.2, 0.25) is 0 Å². The third kappa shape index (κ3) is 3.69. The van der Waals surface area contributed by atoms with Crippen LogP contribution in [0.5, 0.6) is 0 Å². The van der Waals surface area contributed by atoms with E-state index in [1.165, 1.54) is 10.6 Å². The Bertz CT molecular complexity index is 442. The molecule has 0 radical (unpaired) electrons. The predicted molar refractivity (Wildman–Crippen MR) is 76.9 cm³/mol. The van der Waals surface area contributed by atoms with Crippen LogP contribution in [0.4, 0.5) is 0 Å². The van der Waals surface area contributed by atoms with Gasteiger partial charge in [-0.05, 0) is 6.54 Å². The van der Waals surface area contributed by atoms with Crippen molar-refractivity contribution in [3.05, 3.63) is 0 Å². The second-order valence-electron chi connectivity index (χ2n) is 5.42. The minimum absolute atomic E-state index is 0.104. The molecule has 0 atom stereocenters. The van der Waals surface area contributed by atoms with Gasteiger partial charge in [0.05, 0.1) is 12.8 Å². The molecule has 0 aromatic heterocycles. The van der Waals surface area contributed by atoms with Crippen LogP contribution >= 0.6 is 0 Å². The summed E-state index contributed by atoms with van der Waals surface area (Å²) in [6.45, 7) is 7.05. The van der Waals surface area contributed by atoms with Gasteiger partial charge in [0, 0.05) is 45.3 Å². The summed E-state index contributed by atoms with van der Waals surface area (Å²) in [5, 5.41) is 3.21. The van der Waals surface area contributed by atoms with E-state index in [1.807, 2.05) is 0 Å². The van der Waals surface area contributed by atoms with E-state index in [1.54, 1.807) is 4.90 Å². The van der Waals surface area contributed by atoms with E-state index in [0.29, 0.717) is 38.8 Å². The van der Waals surface area contributed by atoms with Crippen molar-refractivity contribution >= 4 is 15.9 Å². The molecule has 0 bridgehead atoms. The fourth-order valence-electron chi connectivity index (χ4n) is 2.57. The Morgan fingerprint density at radius 1 is 1.25 bits per heavy atom. The van der Waals surface area contributed by atoms with E-state index in [0.717, 1.165) is 19.6 Å². The van der Waals surface area contributed by atoms with E-state index >= 15 is 0 Å². The van der Waals surface area contributed by atoms with Gasteiger partial charge < -0.3 is 10.2 Å².